The number of halogens is 5. The fraction of sp³-hybridized carbons (Fsp3) is 0.800. The van der Waals surface area contributed by atoms with Crippen molar-refractivity contribution < 1.29 is 32.2 Å². The van der Waals surface area contributed by atoms with Gasteiger partial charge in [0.1, 0.15) is 0 Å². The van der Waals surface area contributed by atoms with Gasteiger partial charge in [0, 0.05) is 11.8 Å². The lowest BCUT2D eigenvalue weighted by molar-refractivity contribution is -0.299. The van der Waals surface area contributed by atoms with E-state index in [2.05, 4.69) is 0 Å². The standard InChI is InChI=1S/C20H25F5O2/c21-19(22,20(23,24)25)10-18-8-7-14-13-4-2-12(26)9-11(13)1-3-15(14)16(18)5-6-17(18)27/h9,12,15-17,26-27H,1-8,10H2/t12?,15-,16+,17?,18-/m1/s1. The lowest BCUT2D eigenvalue weighted by atomic mass is 9.55. The molecule has 2 fully saturated rings. The molecule has 0 spiro atoms. The van der Waals surface area contributed by atoms with E-state index in [9.17, 15) is 32.2 Å². The zero-order valence-corrected chi connectivity index (χ0v) is 15.0. The highest BCUT2D eigenvalue weighted by Gasteiger charge is 2.66. The molecule has 152 valence electrons. The van der Waals surface area contributed by atoms with Gasteiger partial charge in [-0.05, 0) is 74.3 Å². The van der Waals surface area contributed by atoms with Crippen LogP contribution in [0.4, 0.5) is 22.0 Å². The molecule has 0 aliphatic heterocycles. The van der Waals surface area contributed by atoms with Crippen LogP contribution in [-0.2, 0) is 0 Å². The quantitative estimate of drug-likeness (QED) is 0.656. The van der Waals surface area contributed by atoms with Gasteiger partial charge in [0.2, 0.25) is 0 Å². The van der Waals surface area contributed by atoms with Crippen molar-refractivity contribution in [1.29, 1.82) is 0 Å². The highest BCUT2D eigenvalue weighted by Crippen LogP contribution is 2.64. The Morgan fingerprint density at radius 2 is 1.70 bits per heavy atom. The van der Waals surface area contributed by atoms with E-state index >= 15 is 0 Å². The third-order valence-electron chi connectivity index (χ3n) is 7.50. The van der Waals surface area contributed by atoms with Crippen molar-refractivity contribution in [3.8, 4) is 0 Å². The van der Waals surface area contributed by atoms with Gasteiger partial charge in [-0.3, -0.25) is 0 Å². The normalized spacial score (nSPS) is 39.6. The topological polar surface area (TPSA) is 40.5 Å². The first kappa shape index (κ1) is 19.4. The van der Waals surface area contributed by atoms with E-state index in [4.69, 9.17) is 0 Å². The van der Waals surface area contributed by atoms with Crippen LogP contribution in [0.25, 0.3) is 0 Å². The van der Waals surface area contributed by atoms with Crippen LogP contribution in [0.15, 0.2) is 22.8 Å². The average Bonchev–Trinajstić information content (AvgIpc) is 2.89. The Bertz CT molecular complexity index is 680. The number of allylic oxidation sites excluding steroid dienone is 3. The van der Waals surface area contributed by atoms with E-state index < -0.39 is 36.1 Å². The van der Waals surface area contributed by atoms with E-state index in [-0.39, 0.29) is 18.3 Å². The molecule has 5 atom stereocenters. The van der Waals surface area contributed by atoms with Gasteiger partial charge in [0.05, 0.1) is 12.2 Å². The summed E-state index contributed by atoms with van der Waals surface area (Å²) in [6.45, 7) is 0. The molecule has 0 saturated heterocycles. The minimum absolute atomic E-state index is 0.0256. The van der Waals surface area contributed by atoms with Crippen LogP contribution in [0, 0.1) is 17.3 Å². The van der Waals surface area contributed by atoms with Crippen molar-refractivity contribution in [1.82, 2.24) is 0 Å². The van der Waals surface area contributed by atoms with Crippen LogP contribution in [0.2, 0.25) is 0 Å². The van der Waals surface area contributed by atoms with Gasteiger partial charge in [-0.15, -0.1) is 0 Å². The molecule has 0 aromatic heterocycles. The number of rotatable bonds is 2. The Morgan fingerprint density at radius 3 is 2.41 bits per heavy atom. The maximum absolute atomic E-state index is 14.0. The minimum atomic E-state index is -5.59. The third-order valence-corrected chi connectivity index (χ3v) is 7.50. The molecule has 4 aliphatic carbocycles. The van der Waals surface area contributed by atoms with E-state index in [0.717, 1.165) is 18.4 Å². The Morgan fingerprint density at radius 1 is 0.963 bits per heavy atom. The number of aliphatic hydroxyl groups excluding tert-OH is 2. The Labute approximate surface area is 155 Å². The first-order valence-corrected chi connectivity index (χ1v) is 9.79. The van der Waals surface area contributed by atoms with Gasteiger partial charge in [-0.2, -0.15) is 22.0 Å². The molecular weight excluding hydrogens is 367 g/mol. The maximum Gasteiger partial charge on any atom is 0.453 e. The highest BCUT2D eigenvalue weighted by molar-refractivity contribution is 5.43. The molecule has 0 bridgehead atoms. The molecule has 2 N–H and O–H groups in total. The number of alkyl halides is 5. The van der Waals surface area contributed by atoms with Crippen LogP contribution in [0.5, 0.6) is 0 Å². The van der Waals surface area contributed by atoms with Crippen LogP contribution >= 0.6 is 0 Å². The molecule has 0 heterocycles. The lowest BCUT2D eigenvalue weighted by Gasteiger charge is -2.51. The SMILES string of the molecule is OC1C=C2CC[C@@H]3C(=C2CC1)CC[C@]1(CC(F)(F)C(F)(F)F)C(O)CC[C@@H]31. The van der Waals surface area contributed by atoms with Crippen molar-refractivity contribution in [2.75, 3.05) is 0 Å². The van der Waals surface area contributed by atoms with E-state index in [1.807, 2.05) is 6.08 Å². The molecule has 0 aromatic rings. The summed E-state index contributed by atoms with van der Waals surface area (Å²) in [5.41, 5.74) is 2.13. The van der Waals surface area contributed by atoms with Gasteiger partial charge >= 0.3 is 12.1 Å². The van der Waals surface area contributed by atoms with Gasteiger partial charge in [0.15, 0.2) is 0 Å². The molecule has 0 aromatic carbocycles. The largest absolute Gasteiger partial charge is 0.453 e. The maximum atomic E-state index is 14.0. The molecule has 0 radical (unpaired) electrons. The van der Waals surface area contributed by atoms with E-state index in [1.54, 1.807) is 0 Å². The summed E-state index contributed by atoms with van der Waals surface area (Å²) >= 11 is 0. The van der Waals surface area contributed by atoms with Crippen LogP contribution < -0.4 is 0 Å². The van der Waals surface area contributed by atoms with Crippen molar-refractivity contribution in [2.24, 2.45) is 17.3 Å². The van der Waals surface area contributed by atoms with Gasteiger partial charge in [0.25, 0.3) is 0 Å². The molecule has 4 rings (SSSR count). The van der Waals surface area contributed by atoms with E-state index in [0.29, 0.717) is 32.1 Å². The Kier molecular flexibility index (Phi) is 4.50. The summed E-state index contributed by atoms with van der Waals surface area (Å²) in [4.78, 5) is 0. The summed E-state index contributed by atoms with van der Waals surface area (Å²) in [7, 11) is 0. The molecule has 2 nitrogen and oxygen atoms in total. The second-order valence-corrected chi connectivity index (χ2v) is 8.76. The van der Waals surface area contributed by atoms with Crippen LogP contribution in [-0.4, -0.2) is 34.5 Å². The van der Waals surface area contributed by atoms with Gasteiger partial charge in [-0.25, -0.2) is 0 Å². The number of fused-ring (bicyclic) bond motifs is 4. The molecule has 0 amide bonds. The van der Waals surface area contributed by atoms with Crippen molar-refractivity contribution in [3.05, 3.63) is 22.8 Å². The van der Waals surface area contributed by atoms with Crippen molar-refractivity contribution in [3.63, 3.8) is 0 Å². The second kappa shape index (κ2) is 6.28. The summed E-state index contributed by atoms with van der Waals surface area (Å²) in [6.07, 6.45) is -2.38. The Balaban J connectivity index is 1.69. The molecule has 2 saturated carbocycles. The van der Waals surface area contributed by atoms with Crippen LogP contribution in [0.1, 0.15) is 57.8 Å². The lowest BCUT2D eigenvalue weighted by Crippen LogP contribution is -2.50. The molecule has 2 unspecified atom stereocenters. The Hall–Kier alpha value is -0.950. The predicted octanol–water partition coefficient (Wildman–Crippen LogP) is 4.91. The monoisotopic (exact) mass is 392 g/mol. The first-order valence-electron chi connectivity index (χ1n) is 9.79. The highest BCUT2D eigenvalue weighted by atomic mass is 19.4. The number of hydrogen-bond donors (Lipinski definition) is 2. The zero-order chi connectivity index (χ0) is 19.6. The average molecular weight is 392 g/mol. The molecule has 27 heavy (non-hydrogen) atoms. The summed E-state index contributed by atoms with van der Waals surface area (Å²) in [6, 6.07) is 0. The zero-order valence-electron chi connectivity index (χ0n) is 15.0. The van der Waals surface area contributed by atoms with Crippen molar-refractivity contribution in [2.45, 2.75) is 82.1 Å². The van der Waals surface area contributed by atoms with Gasteiger partial charge < -0.3 is 10.2 Å². The summed E-state index contributed by atoms with van der Waals surface area (Å²) < 4.78 is 66.6. The first-order chi connectivity index (χ1) is 12.6. The predicted molar refractivity (Wildman–Crippen MR) is 89.1 cm³/mol. The van der Waals surface area contributed by atoms with Crippen LogP contribution in [0.3, 0.4) is 0 Å². The fourth-order valence-corrected chi connectivity index (χ4v) is 6.29. The summed E-state index contributed by atoms with van der Waals surface area (Å²) in [5, 5.41) is 20.4. The summed E-state index contributed by atoms with van der Waals surface area (Å²) in [5.74, 6) is -5.14. The fourth-order valence-electron chi connectivity index (χ4n) is 6.29. The minimum Gasteiger partial charge on any atom is -0.393 e. The number of hydrogen-bond acceptors (Lipinski definition) is 2. The smallest absolute Gasteiger partial charge is 0.393 e. The van der Waals surface area contributed by atoms with E-state index in [1.165, 1.54) is 11.1 Å². The third kappa shape index (κ3) is 2.96. The molecule has 4 aliphatic rings. The number of aliphatic hydroxyl groups is 2. The molecule has 7 heteroatoms. The second-order valence-electron chi connectivity index (χ2n) is 8.76. The van der Waals surface area contributed by atoms with Crippen molar-refractivity contribution >= 4 is 0 Å². The van der Waals surface area contributed by atoms with Gasteiger partial charge in [-0.1, -0.05) is 11.6 Å². The molecular formula is C20H25F5O2.